The van der Waals surface area contributed by atoms with Crippen LogP contribution in [-0.2, 0) is 26.2 Å². The number of sulfonamides is 1. The van der Waals surface area contributed by atoms with Crippen molar-refractivity contribution < 1.29 is 22.8 Å². The highest BCUT2D eigenvalue weighted by atomic mass is 32.2. The zero-order chi connectivity index (χ0) is 27.0. The van der Waals surface area contributed by atoms with Crippen LogP contribution >= 0.6 is 0 Å². The summed E-state index contributed by atoms with van der Waals surface area (Å²) in [7, 11) is -3.87. The van der Waals surface area contributed by atoms with Crippen molar-refractivity contribution in [1.82, 2.24) is 10.2 Å². The fraction of sp³-hybridized carbons (Fsp3) is 0.444. The van der Waals surface area contributed by atoms with Gasteiger partial charge in [0, 0.05) is 18.7 Å². The Morgan fingerprint density at radius 3 is 2.25 bits per heavy atom. The first kappa shape index (κ1) is 29.0. The van der Waals surface area contributed by atoms with Gasteiger partial charge in [-0.05, 0) is 43.9 Å². The van der Waals surface area contributed by atoms with Crippen LogP contribution in [0.25, 0.3) is 0 Å². The van der Waals surface area contributed by atoms with E-state index in [9.17, 15) is 22.8 Å². The summed E-state index contributed by atoms with van der Waals surface area (Å²) >= 11 is 0. The lowest BCUT2D eigenvalue weighted by Gasteiger charge is -2.33. The van der Waals surface area contributed by atoms with Crippen LogP contribution in [-0.4, -0.2) is 56.3 Å². The first-order valence-corrected chi connectivity index (χ1v) is 13.9. The number of nitrogens with one attached hydrogen (secondary N) is 1. The van der Waals surface area contributed by atoms with Crippen molar-refractivity contribution in [2.24, 2.45) is 5.92 Å². The highest BCUT2D eigenvalue weighted by Gasteiger charge is 2.31. The third-order valence-corrected chi connectivity index (χ3v) is 6.87. The molecular formula is C27H37N3O5S. The van der Waals surface area contributed by atoms with Gasteiger partial charge in [0.2, 0.25) is 21.8 Å². The number of rotatable bonds is 12. The molecule has 36 heavy (non-hydrogen) atoms. The van der Waals surface area contributed by atoms with Crippen molar-refractivity contribution in [3.05, 3.63) is 65.2 Å². The van der Waals surface area contributed by atoms with E-state index in [0.717, 1.165) is 21.7 Å². The second-order valence-electron chi connectivity index (χ2n) is 9.45. The van der Waals surface area contributed by atoms with Crippen LogP contribution in [0.2, 0.25) is 0 Å². The molecule has 0 saturated carbocycles. The average molecular weight is 516 g/mol. The monoisotopic (exact) mass is 515 g/mol. The van der Waals surface area contributed by atoms with Crippen LogP contribution in [0.4, 0.5) is 5.69 Å². The molecule has 0 aliphatic rings. The van der Waals surface area contributed by atoms with E-state index in [1.807, 2.05) is 52.0 Å². The van der Waals surface area contributed by atoms with Gasteiger partial charge in [0.15, 0.2) is 5.78 Å². The van der Waals surface area contributed by atoms with Crippen molar-refractivity contribution in [2.75, 3.05) is 23.7 Å². The minimum atomic E-state index is -3.87. The van der Waals surface area contributed by atoms with Crippen LogP contribution < -0.4 is 9.62 Å². The summed E-state index contributed by atoms with van der Waals surface area (Å²) in [4.78, 5) is 40.1. The van der Waals surface area contributed by atoms with Gasteiger partial charge in [-0.25, -0.2) is 8.42 Å². The highest BCUT2D eigenvalue weighted by Crippen LogP contribution is 2.21. The average Bonchev–Trinajstić information content (AvgIpc) is 2.80. The predicted molar refractivity (Wildman–Crippen MR) is 142 cm³/mol. The molecule has 0 radical (unpaired) electrons. The molecule has 0 heterocycles. The zero-order valence-electron chi connectivity index (χ0n) is 21.9. The summed E-state index contributed by atoms with van der Waals surface area (Å²) in [5, 5.41) is 2.90. The van der Waals surface area contributed by atoms with Gasteiger partial charge in [-0.2, -0.15) is 0 Å². The van der Waals surface area contributed by atoms with Crippen molar-refractivity contribution in [2.45, 2.75) is 53.6 Å². The normalized spacial score (nSPS) is 12.2. The van der Waals surface area contributed by atoms with Crippen LogP contribution in [0.1, 0.15) is 55.6 Å². The molecule has 1 N–H and O–H groups in total. The quantitative estimate of drug-likeness (QED) is 0.436. The zero-order valence-corrected chi connectivity index (χ0v) is 22.8. The molecule has 2 aromatic rings. The molecule has 0 aliphatic carbocycles. The largest absolute Gasteiger partial charge is 0.354 e. The van der Waals surface area contributed by atoms with Gasteiger partial charge in [0.25, 0.3) is 0 Å². The molecule has 8 nitrogen and oxygen atoms in total. The Labute approximate surface area is 214 Å². The van der Waals surface area contributed by atoms with E-state index in [1.165, 1.54) is 24.0 Å². The number of carbonyl (C=O) groups is 3. The number of Topliss-reactive ketones (excluding diaryl/α,β-unsaturated/α-hetero) is 1. The fourth-order valence-corrected chi connectivity index (χ4v) is 4.68. The number of nitrogens with zero attached hydrogens (tertiary/aromatic N) is 2. The van der Waals surface area contributed by atoms with E-state index in [1.54, 1.807) is 12.1 Å². The summed E-state index contributed by atoms with van der Waals surface area (Å²) < 4.78 is 26.4. The second kappa shape index (κ2) is 12.7. The number of anilines is 1. The Morgan fingerprint density at radius 1 is 1.03 bits per heavy atom. The molecule has 9 heteroatoms. The van der Waals surface area contributed by atoms with Crippen LogP contribution in [0, 0.1) is 12.8 Å². The molecule has 0 aromatic heterocycles. The van der Waals surface area contributed by atoms with Crippen molar-refractivity contribution >= 4 is 33.3 Å². The lowest BCUT2D eigenvalue weighted by molar-refractivity contribution is -0.140. The smallest absolute Gasteiger partial charge is 0.244 e. The van der Waals surface area contributed by atoms with Gasteiger partial charge in [-0.1, -0.05) is 62.7 Å². The summed E-state index contributed by atoms with van der Waals surface area (Å²) in [5.41, 5.74) is 2.40. The molecule has 0 spiro atoms. The third-order valence-electron chi connectivity index (χ3n) is 5.73. The molecule has 1 unspecified atom stereocenters. The molecule has 0 saturated heterocycles. The Bertz CT molecular complexity index is 1190. The first-order chi connectivity index (χ1) is 16.8. The maximum absolute atomic E-state index is 13.7. The van der Waals surface area contributed by atoms with E-state index in [-0.39, 0.29) is 29.8 Å². The number of benzene rings is 2. The van der Waals surface area contributed by atoms with Crippen LogP contribution in [0.5, 0.6) is 0 Å². The molecule has 2 amide bonds. The molecule has 196 valence electrons. The Morgan fingerprint density at radius 2 is 1.69 bits per heavy atom. The number of amides is 2. The van der Waals surface area contributed by atoms with Crippen LogP contribution in [0.15, 0.2) is 48.5 Å². The minimum Gasteiger partial charge on any atom is -0.354 e. The van der Waals surface area contributed by atoms with E-state index < -0.39 is 28.5 Å². The summed E-state index contributed by atoms with van der Waals surface area (Å²) in [6.07, 6.45) is 1.37. The second-order valence-corrected chi connectivity index (χ2v) is 11.4. The molecular weight excluding hydrogens is 478 g/mol. The standard InChI is InChI=1S/C27H37N3O5S/c1-7-25(27(33)28-16-19(2)3)29(17-22-11-8-10-20(4)14-22)26(32)18-30(36(6,34)35)24-13-9-12-23(15-24)21(5)31/h8-15,19,25H,7,16-18H2,1-6H3,(H,28,33). The first-order valence-electron chi connectivity index (χ1n) is 12.0. The number of hydrogen-bond acceptors (Lipinski definition) is 5. The Hall–Kier alpha value is -3.20. The molecule has 0 fully saturated rings. The maximum Gasteiger partial charge on any atom is 0.244 e. The van der Waals surface area contributed by atoms with E-state index >= 15 is 0 Å². The SMILES string of the molecule is CCC(C(=O)NCC(C)C)N(Cc1cccc(C)c1)C(=O)CN(c1cccc(C(C)=O)c1)S(C)(=O)=O. The highest BCUT2D eigenvalue weighted by molar-refractivity contribution is 7.92. The Balaban J connectivity index is 2.46. The molecule has 0 aliphatic heterocycles. The Kier molecular flexibility index (Phi) is 10.2. The summed E-state index contributed by atoms with van der Waals surface area (Å²) in [5.74, 6) is -0.773. The van der Waals surface area contributed by atoms with Gasteiger partial charge >= 0.3 is 0 Å². The lowest BCUT2D eigenvalue weighted by atomic mass is 10.1. The van der Waals surface area contributed by atoms with E-state index in [0.29, 0.717) is 18.5 Å². The lowest BCUT2D eigenvalue weighted by Crippen LogP contribution is -2.52. The van der Waals surface area contributed by atoms with E-state index in [2.05, 4.69) is 5.32 Å². The van der Waals surface area contributed by atoms with E-state index in [4.69, 9.17) is 0 Å². The minimum absolute atomic E-state index is 0.152. The predicted octanol–water partition coefficient (Wildman–Crippen LogP) is 3.54. The van der Waals surface area contributed by atoms with Crippen molar-refractivity contribution in [1.29, 1.82) is 0 Å². The van der Waals surface area contributed by atoms with Gasteiger partial charge in [-0.15, -0.1) is 0 Å². The number of ketones is 1. The number of hydrogen-bond donors (Lipinski definition) is 1. The third kappa shape index (κ3) is 8.19. The fourth-order valence-electron chi connectivity index (χ4n) is 3.84. The molecule has 2 rings (SSSR count). The van der Waals surface area contributed by atoms with Crippen molar-refractivity contribution in [3.63, 3.8) is 0 Å². The van der Waals surface area contributed by atoms with Crippen LogP contribution in [0.3, 0.4) is 0 Å². The van der Waals surface area contributed by atoms with Gasteiger partial charge in [-0.3, -0.25) is 18.7 Å². The summed E-state index contributed by atoms with van der Waals surface area (Å²) in [6.45, 7) is 9.23. The molecule has 1 atom stereocenters. The van der Waals surface area contributed by atoms with Gasteiger partial charge < -0.3 is 10.2 Å². The van der Waals surface area contributed by atoms with Gasteiger partial charge in [0.05, 0.1) is 11.9 Å². The maximum atomic E-state index is 13.7. The molecule has 2 aromatic carbocycles. The topological polar surface area (TPSA) is 104 Å². The molecule has 0 bridgehead atoms. The summed E-state index contributed by atoms with van der Waals surface area (Å²) in [6, 6.07) is 13.0. The van der Waals surface area contributed by atoms with Gasteiger partial charge in [0.1, 0.15) is 12.6 Å². The number of aryl methyl sites for hydroxylation is 1. The number of carbonyl (C=O) groups excluding carboxylic acids is 3. The van der Waals surface area contributed by atoms with Crippen molar-refractivity contribution in [3.8, 4) is 0 Å².